The number of halogens is 1. The Bertz CT molecular complexity index is 1060. The Morgan fingerprint density at radius 1 is 1.29 bits per heavy atom. The quantitative estimate of drug-likeness (QED) is 0.551. The molecule has 1 amide bonds. The summed E-state index contributed by atoms with van der Waals surface area (Å²) in [5, 5.41) is 7.87. The maximum absolute atomic E-state index is 13.7. The lowest BCUT2D eigenvalue weighted by Gasteiger charge is -2.12. The molecule has 0 heterocycles. The lowest BCUT2D eigenvalue weighted by molar-refractivity contribution is -0.115. The highest BCUT2D eigenvalue weighted by Crippen LogP contribution is 2.26. The third kappa shape index (κ3) is 5.70. The molecule has 0 aromatic heterocycles. The highest BCUT2D eigenvalue weighted by atomic mass is 32.2. The number of nitrogens with zero attached hydrogens (tertiary/aromatic N) is 1. The molecule has 0 atom stereocenters. The molecule has 2 rings (SSSR count). The molecule has 146 valence electrons. The number of rotatable bonds is 7. The molecule has 0 fully saturated rings. The summed E-state index contributed by atoms with van der Waals surface area (Å²) < 4.78 is 37.6. The predicted octanol–water partition coefficient (Wildman–Crippen LogP) is 2.92. The van der Waals surface area contributed by atoms with Crippen molar-refractivity contribution in [2.75, 3.05) is 12.4 Å². The van der Waals surface area contributed by atoms with Gasteiger partial charge in [-0.2, -0.15) is 0 Å². The van der Waals surface area contributed by atoms with Crippen molar-refractivity contribution in [3.8, 4) is 0 Å². The summed E-state index contributed by atoms with van der Waals surface area (Å²) in [6.07, 6.45) is 4.54. The van der Waals surface area contributed by atoms with Gasteiger partial charge in [0.1, 0.15) is 5.82 Å². The molecule has 0 saturated carbocycles. The summed E-state index contributed by atoms with van der Waals surface area (Å²) in [6, 6.07) is 10.2. The van der Waals surface area contributed by atoms with Gasteiger partial charge in [0.2, 0.25) is 15.9 Å². The highest BCUT2D eigenvalue weighted by Gasteiger charge is 2.17. The van der Waals surface area contributed by atoms with Gasteiger partial charge in [-0.1, -0.05) is 36.9 Å². The first-order chi connectivity index (χ1) is 13.2. The van der Waals surface area contributed by atoms with Gasteiger partial charge in [-0.05, 0) is 35.4 Å². The molecule has 0 bridgehead atoms. The van der Waals surface area contributed by atoms with Crippen LogP contribution in [-0.2, 0) is 21.2 Å². The molecule has 0 aliphatic heterocycles. The minimum atomic E-state index is -4.07. The van der Waals surface area contributed by atoms with Crippen molar-refractivity contribution in [2.45, 2.75) is 11.3 Å². The van der Waals surface area contributed by atoms with E-state index in [1.165, 1.54) is 42.6 Å². The Hall–Kier alpha value is -3.10. The van der Waals surface area contributed by atoms with Gasteiger partial charge in [0.25, 0.3) is 0 Å². The smallest absolute Gasteiger partial charge is 0.238 e. The second-order valence-corrected chi connectivity index (χ2v) is 7.39. The number of amides is 1. The van der Waals surface area contributed by atoms with E-state index < -0.39 is 21.7 Å². The number of benzene rings is 2. The largest absolute Gasteiger partial charge is 0.326 e. The number of hydrogen-bond acceptors (Lipinski definition) is 4. The maximum atomic E-state index is 13.7. The zero-order valence-corrected chi connectivity index (χ0v) is 16.0. The number of hydrogen-bond donors (Lipinski definition) is 2. The molecular weight excluding hydrogens is 381 g/mol. The Morgan fingerprint density at radius 3 is 2.64 bits per heavy atom. The van der Waals surface area contributed by atoms with Gasteiger partial charge in [-0.15, -0.1) is 0 Å². The van der Waals surface area contributed by atoms with E-state index in [0.29, 0.717) is 11.1 Å². The standard InChI is InChI=1S/C20H20FN3O3S/c1-14(6-5-11-23-2)17-10-9-16(13-19(17)28(22,26)27)24-20(25)12-15-7-3-4-8-18(15)21/h3-11,13H,1,12H2,2H3,(H,24,25)(H2,22,26,27)/b6-5-,23-11?. The van der Waals surface area contributed by atoms with Crippen LogP contribution in [0.4, 0.5) is 10.1 Å². The molecular formula is C20H20FN3O3S. The van der Waals surface area contributed by atoms with Gasteiger partial charge >= 0.3 is 0 Å². The lowest BCUT2D eigenvalue weighted by atomic mass is 10.1. The number of anilines is 1. The molecule has 0 unspecified atom stereocenters. The Kier molecular flexibility index (Phi) is 6.97. The third-order valence-corrected chi connectivity index (χ3v) is 4.71. The van der Waals surface area contributed by atoms with E-state index in [9.17, 15) is 17.6 Å². The van der Waals surface area contributed by atoms with Crippen LogP contribution in [0.2, 0.25) is 0 Å². The lowest BCUT2D eigenvalue weighted by Crippen LogP contribution is -2.17. The Morgan fingerprint density at radius 2 is 2.00 bits per heavy atom. The molecule has 0 aliphatic rings. The van der Waals surface area contributed by atoms with Crippen molar-refractivity contribution in [3.05, 3.63) is 78.1 Å². The van der Waals surface area contributed by atoms with Crippen LogP contribution in [0.1, 0.15) is 11.1 Å². The summed E-state index contributed by atoms with van der Waals surface area (Å²) in [4.78, 5) is 15.8. The fourth-order valence-corrected chi connectivity index (χ4v) is 3.25. The summed E-state index contributed by atoms with van der Waals surface area (Å²) in [5.41, 5.74) is 1.17. The molecule has 0 radical (unpaired) electrons. The highest BCUT2D eigenvalue weighted by molar-refractivity contribution is 7.89. The monoisotopic (exact) mass is 401 g/mol. The van der Waals surface area contributed by atoms with Crippen LogP contribution in [0, 0.1) is 5.82 Å². The van der Waals surface area contributed by atoms with Crippen molar-refractivity contribution in [3.63, 3.8) is 0 Å². The number of sulfonamides is 1. The van der Waals surface area contributed by atoms with Crippen LogP contribution in [0.25, 0.3) is 5.57 Å². The normalized spacial score (nSPS) is 11.8. The van der Waals surface area contributed by atoms with E-state index in [4.69, 9.17) is 5.14 Å². The number of allylic oxidation sites excluding steroid dienone is 3. The van der Waals surface area contributed by atoms with Crippen LogP contribution in [0.5, 0.6) is 0 Å². The maximum Gasteiger partial charge on any atom is 0.238 e. The molecule has 2 aromatic carbocycles. The number of carbonyl (C=O) groups is 1. The van der Waals surface area contributed by atoms with Crippen LogP contribution in [0.15, 0.2) is 71.1 Å². The average molecular weight is 401 g/mol. The minimum Gasteiger partial charge on any atom is -0.326 e. The minimum absolute atomic E-state index is 0.181. The molecule has 28 heavy (non-hydrogen) atoms. The number of primary sulfonamides is 1. The molecule has 0 spiro atoms. The molecule has 3 N–H and O–H groups in total. The van der Waals surface area contributed by atoms with Crippen LogP contribution in [-0.4, -0.2) is 27.6 Å². The first-order valence-corrected chi connectivity index (χ1v) is 9.75. The summed E-state index contributed by atoms with van der Waals surface area (Å²) in [5.74, 6) is -0.979. The summed E-state index contributed by atoms with van der Waals surface area (Å²) in [7, 11) is -2.47. The second-order valence-electron chi connectivity index (χ2n) is 5.86. The fraction of sp³-hybridized carbons (Fsp3) is 0.100. The van der Waals surface area contributed by atoms with Gasteiger partial charge in [0.15, 0.2) is 0 Å². The molecule has 0 saturated heterocycles. The number of carbonyl (C=O) groups excluding carboxylic acids is 1. The predicted molar refractivity (Wildman–Crippen MR) is 109 cm³/mol. The average Bonchev–Trinajstić information content (AvgIpc) is 2.63. The van der Waals surface area contributed by atoms with E-state index >= 15 is 0 Å². The van der Waals surface area contributed by atoms with Crippen molar-refractivity contribution < 1.29 is 17.6 Å². The van der Waals surface area contributed by atoms with Crippen molar-refractivity contribution in [2.24, 2.45) is 10.1 Å². The molecule has 2 aromatic rings. The van der Waals surface area contributed by atoms with Gasteiger partial charge in [-0.3, -0.25) is 9.79 Å². The zero-order chi connectivity index (χ0) is 20.7. The zero-order valence-electron chi connectivity index (χ0n) is 15.2. The molecule has 6 nitrogen and oxygen atoms in total. The van der Waals surface area contributed by atoms with Gasteiger partial charge in [-0.25, -0.2) is 17.9 Å². The summed E-state index contributed by atoms with van der Waals surface area (Å²) >= 11 is 0. The van der Waals surface area contributed by atoms with Crippen LogP contribution in [0.3, 0.4) is 0 Å². The van der Waals surface area contributed by atoms with E-state index in [2.05, 4.69) is 16.9 Å². The number of nitrogens with two attached hydrogens (primary N) is 1. The number of aliphatic imine (C=N–C) groups is 1. The Balaban J connectivity index is 2.28. The first kappa shape index (κ1) is 21.2. The fourth-order valence-electron chi connectivity index (χ4n) is 2.46. The van der Waals surface area contributed by atoms with Gasteiger partial charge in [0.05, 0.1) is 11.3 Å². The van der Waals surface area contributed by atoms with Crippen molar-refractivity contribution in [1.82, 2.24) is 0 Å². The Labute approximate surface area is 163 Å². The second kappa shape index (κ2) is 9.20. The third-order valence-electron chi connectivity index (χ3n) is 3.76. The van der Waals surface area contributed by atoms with Crippen molar-refractivity contribution >= 4 is 33.4 Å². The summed E-state index contributed by atoms with van der Waals surface area (Å²) in [6.45, 7) is 3.83. The van der Waals surface area contributed by atoms with E-state index in [1.807, 2.05) is 0 Å². The van der Waals surface area contributed by atoms with E-state index in [0.717, 1.165) is 0 Å². The topological polar surface area (TPSA) is 102 Å². The molecule has 0 aliphatic carbocycles. The molecule has 8 heteroatoms. The first-order valence-electron chi connectivity index (χ1n) is 8.20. The van der Waals surface area contributed by atoms with E-state index in [-0.39, 0.29) is 22.6 Å². The van der Waals surface area contributed by atoms with E-state index in [1.54, 1.807) is 25.3 Å². The SMILES string of the molecule is C=C(/C=C\C=NC)c1ccc(NC(=O)Cc2ccccc2F)cc1S(N)(=O)=O. The van der Waals surface area contributed by atoms with Crippen LogP contribution >= 0.6 is 0 Å². The van der Waals surface area contributed by atoms with Gasteiger partial charge < -0.3 is 5.32 Å². The van der Waals surface area contributed by atoms with Crippen LogP contribution < -0.4 is 10.5 Å². The van der Waals surface area contributed by atoms with Crippen molar-refractivity contribution in [1.29, 1.82) is 0 Å². The number of nitrogens with one attached hydrogen (secondary N) is 1. The van der Waals surface area contributed by atoms with Gasteiger partial charge in [0, 0.05) is 24.5 Å².